The van der Waals surface area contributed by atoms with Crippen molar-refractivity contribution in [3.05, 3.63) is 63.9 Å². The number of hydrogen-bond donors (Lipinski definition) is 1. The molecule has 0 spiro atoms. The monoisotopic (exact) mass is 334 g/mol. The number of benzene rings is 2. The van der Waals surface area contributed by atoms with Crippen molar-refractivity contribution in [1.29, 1.82) is 0 Å². The van der Waals surface area contributed by atoms with Crippen molar-refractivity contribution < 1.29 is 4.39 Å². The van der Waals surface area contributed by atoms with Gasteiger partial charge >= 0.3 is 0 Å². The maximum absolute atomic E-state index is 13.6. The topological polar surface area (TPSA) is 29.3 Å². The molecule has 2 nitrogen and oxygen atoms in total. The van der Waals surface area contributed by atoms with Gasteiger partial charge in [-0.25, -0.2) is 4.39 Å². The maximum Gasteiger partial charge on any atom is 0.137 e. The van der Waals surface area contributed by atoms with E-state index in [0.717, 1.165) is 18.5 Å². The second kappa shape index (κ2) is 5.54. The van der Waals surface area contributed by atoms with Gasteiger partial charge in [0.1, 0.15) is 5.82 Å². The van der Waals surface area contributed by atoms with E-state index in [0.29, 0.717) is 11.0 Å². The fraction of sp³-hybridized carbons (Fsp3) is 0.250. The van der Waals surface area contributed by atoms with E-state index in [9.17, 15) is 4.39 Å². The number of anilines is 1. The fourth-order valence-corrected chi connectivity index (χ4v) is 3.14. The summed E-state index contributed by atoms with van der Waals surface area (Å²) < 4.78 is 14.2. The van der Waals surface area contributed by atoms with E-state index in [1.165, 1.54) is 17.3 Å². The molecule has 1 aliphatic rings. The molecule has 0 saturated carbocycles. The highest BCUT2D eigenvalue weighted by Crippen LogP contribution is 2.30. The molecule has 0 bridgehead atoms. The van der Waals surface area contributed by atoms with Crippen LogP contribution in [0.5, 0.6) is 0 Å². The molecule has 1 aliphatic heterocycles. The zero-order valence-corrected chi connectivity index (χ0v) is 12.6. The van der Waals surface area contributed by atoms with Crippen LogP contribution in [0.2, 0.25) is 0 Å². The number of fused-ring (bicyclic) bond motifs is 1. The van der Waals surface area contributed by atoms with Gasteiger partial charge in [-0.2, -0.15) is 0 Å². The van der Waals surface area contributed by atoms with Crippen LogP contribution in [-0.2, 0) is 13.0 Å². The third-order valence-electron chi connectivity index (χ3n) is 3.66. The standard InChI is InChI=1S/C16H16BrFN2/c17-16-12(5-3-6-14(16)18)9-20-10-13(19)8-11-4-1-2-7-15(11)20/h1-7,13H,8-10,19H2. The fourth-order valence-electron chi connectivity index (χ4n) is 2.75. The second-order valence-corrected chi connectivity index (χ2v) is 5.98. The summed E-state index contributed by atoms with van der Waals surface area (Å²) in [4.78, 5) is 2.23. The molecule has 0 fully saturated rings. The second-order valence-electron chi connectivity index (χ2n) is 5.19. The van der Waals surface area contributed by atoms with Crippen LogP contribution in [0.25, 0.3) is 0 Å². The highest BCUT2D eigenvalue weighted by Gasteiger charge is 2.22. The molecule has 3 rings (SSSR count). The van der Waals surface area contributed by atoms with Crippen LogP contribution in [0.1, 0.15) is 11.1 Å². The average molecular weight is 335 g/mol. The zero-order valence-electron chi connectivity index (χ0n) is 11.0. The zero-order chi connectivity index (χ0) is 14.1. The van der Waals surface area contributed by atoms with Gasteiger partial charge in [-0.05, 0) is 45.6 Å². The van der Waals surface area contributed by atoms with Crippen molar-refractivity contribution in [2.24, 2.45) is 5.73 Å². The summed E-state index contributed by atoms with van der Waals surface area (Å²) in [6.45, 7) is 1.45. The molecule has 1 heterocycles. The van der Waals surface area contributed by atoms with E-state index in [1.807, 2.05) is 18.2 Å². The first kappa shape index (κ1) is 13.6. The van der Waals surface area contributed by atoms with Crippen LogP contribution in [0.3, 0.4) is 0 Å². The molecule has 0 amide bonds. The lowest BCUT2D eigenvalue weighted by Gasteiger charge is -2.35. The molecular weight excluding hydrogens is 319 g/mol. The lowest BCUT2D eigenvalue weighted by atomic mass is 9.98. The van der Waals surface area contributed by atoms with E-state index < -0.39 is 0 Å². The molecule has 0 saturated heterocycles. The first-order valence-electron chi connectivity index (χ1n) is 6.66. The number of rotatable bonds is 2. The number of para-hydroxylation sites is 1. The van der Waals surface area contributed by atoms with Crippen LogP contribution in [0, 0.1) is 5.82 Å². The van der Waals surface area contributed by atoms with Gasteiger partial charge in [0.15, 0.2) is 0 Å². The van der Waals surface area contributed by atoms with Gasteiger partial charge in [-0.15, -0.1) is 0 Å². The molecule has 0 radical (unpaired) electrons. The van der Waals surface area contributed by atoms with Gasteiger partial charge in [0.25, 0.3) is 0 Å². The van der Waals surface area contributed by atoms with Gasteiger partial charge in [0.05, 0.1) is 4.47 Å². The van der Waals surface area contributed by atoms with Crippen LogP contribution >= 0.6 is 15.9 Å². The summed E-state index contributed by atoms with van der Waals surface area (Å²) >= 11 is 3.33. The minimum Gasteiger partial charge on any atom is -0.365 e. The SMILES string of the molecule is NC1Cc2ccccc2N(Cc2cccc(F)c2Br)C1. The summed E-state index contributed by atoms with van der Waals surface area (Å²) in [5.41, 5.74) is 9.54. The van der Waals surface area contributed by atoms with E-state index in [2.05, 4.69) is 33.0 Å². The molecule has 2 N–H and O–H groups in total. The third kappa shape index (κ3) is 2.58. The summed E-state index contributed by atoms with van der Waals surface area (Å²) in [6.07, 6.45) is 0.900. The van der Waals surface area contributed by atoms with Crippen molar-refractivity contribution in [3.8, 4) is 0 Å². The van der Waals surface area contributed by atoms with Crippen LogP contribution in [0.15, 0.2) is 46.9 Å². The molecule has 104 valence electrons. The van der Waals surface area contributed by atoms with Crippen molar-refractivity contribution in [2.45, 2.75) is 19.0 Å². The van der Waals surface area contributed by atoms with E-state index in [1.54, 1.807) is 6.07 Å². The molecule has 20 heavy (non-hydrogen) atoms. The smallest absolute Gasteiger partial charge is 0.137 e. The quantitative estimate of drug-likeness (QED) is 0.910. The van der Waals surface area contributed by atoms with E-state index in [-0.39, 0.29) is 11.9 Å². The first-order chi connectivity index (χ1) is 9.65. The molecule has 0 aromatic heterocycles. The molecule has 2 aromatic rings. The largest absolute Gasteiger partial charge is 0.365 e. The number of hydrogen-bond acceptors (Lipinski definition) is 2. The Bertz CT molecular complexity index is 630. The Morgan fingerprint density at radius 2 is 2.00 bits per heavy atom. The minimum atomic E-state index is -0.225. The Kier molecular flexibility index (Phi) is 3.76. The van der Waals surface area contributed by atoms with Gasteiger partial charge in [-0.1, -0.05) is 30.3 Å². The summed E-state index contributed by atoms with van der Waals surface area (Å²) in [5.74, 6) is -0.225. The maximum atomic E-state index is 13.6. The Labute approximate surface area is 126 Å². The van der Waals surface area contributed by atoms with Crippen molar-refractivity contribution in [2.75, 3.05) is 11.4 Å². The molecule has 1 unspecified atom stereocenters. The predicted octanol–water partition coefficient (Wildman–Crippen LogP) is 3.48. The van der Waals surface area contributed by atoms with Gasteiger partial charge in [0.2, 0.25) is 0 Å². The van der Waals surface area contributed by atoms with E-state index in [4.69, 9.17) is 5.73 Å². The lowest BCUT2D eigenvalue weighted by molar-refractivity contribution is 0.592. The predicted molar refractivity (Wildman–Crippen MR) is 83.3 cm³/mol. The van der Waals surface area contributed by atoms with Crippen LogP contribution < -0.4 is 10.6 Å². The van der Waals surface area contributed by atoms with Gasteiger partial charge in [-0.3, -0.25) is 0 Å². The Morgan fingerprint density at radius 3 is 2.85 bits per heavy atom. The van der Waals surface area contributed by atoms with Crippen molar-refractivity contribution in [1.82, 2.24) is 0 Å². The molecule has 4 heteroatoms. The number of nitrogens with two attached hydrogens (primary N) is 1. The molecule has 2 aromatic carbocycles. The Morgan fingerprint density at radius 1 is 1.20 bits per heavy atom. The first-order valence-corrected chi connectivity index (χ1v) is 7.46. The minimum absolute atomic E-state index is 0.122. The van der Waals surface area contributed by atoms with Crippen LogP contribution in [-0.4, -0.2) is 12.6 Å². The number of nitrogens with zero attached hydrogens (tertiary/aromatic N) is 1. The summed E-state index contributed by atoms with van der Waals surface area (Å²) in [6, 6.07) is 13.6. The van der Waals surface area contributed by atoms with E-state index >= 15 is 0 Å². The normalized spacial score (nSPS) is 17.9. The summed E-state index contributed by atoms with van der Waals surface area (Å²) in [5, 5.41) is 0. The molecular formula is C16H16BrFN2. The average Bonchev–Trinajstić information content (AvgIpc) is 2.43. The number of halogens is 2. The van der Waals surface area contributed by atoms with Gasteiger partial charge in [0, 0.05) is 24.8 Å². The summed E-state index contributed by atoms with van der Waals surface area (Å²) in [7, 11) is 0. The highest BCUT2D eigenvalue weighted by atomic mass is 79.9. The van der Waals surface area contributed by atoms with Crippen molar-refractivity contribution >= 4 is 21.6 Å². The highest BCUT2D eigenvalue weighted by molar-refractivity contribution is 9.10. The van der Waals surface area contributed by atoms with Gasteiger partial charge < -0.3 is 10.6 Å². The van der Waals surface area contributed by atoms with Crippen LogP contribution in [0.4, 0.5) is 10.1 Å². The molecule has 0 aliphatic carbocycles. The van der Waals surface area contributed by atoms with Crippen molar-refractivity contribution in [3.63, 3.8) is 0 Å². The third-order valence-corrected chi connectivity index (χ3v) is 4.55. The Hall–Kier alpha value is -1.39. The lowest BCUT2D eigenvalue weighted by Crippen LogP contribution is -2.42. The molecule has 1 atom stereocenters. The Balaban J connectivity index is 1.93.